The number of carbonyl (C=O) groups is 1. The Balaban J connectivity index is 1.89. The lowest BCUT2D eigenvalue weighted by Gasteiger charge is -2.29. The van der Waals surface area contributed by atoms with Gasteiger partial charge in [-0.15, -0.1) is 0 Å². The quantitative estimate of drug-likeness (QED) is 0.529. The maximum atomic E-state index is 11.6. The van der Waals surface area contributed by atoms with Crippen LogP contribution in [0.15, 0.2) is 22.9 Å². The van der Waals surface area contributed by atoms with E-state index < -0.39 is 0 Å². The Morgan fingerprint density at radius 1 is 1.45 bits per heavy atom. The highest BCUT2D eigenvalue weighted by Gasteiger charge is 2.15. The fraction of sp³-hybridized carbons (Fsp3) is 0.600. The predicted molar refractivity (Wildman–Crippen MR) is 86.5 cm³/mol. The Morgan fingerprint density at radius 2 is 2.23 bits per heavy atom. The third kappa shape index (κ3) is 6.00. The van der Waals surface area contributed by atoms with E-state index in [2.05, 4.69) is 30.7 Å². The molecule has 1 aromatic rings. The summed E-state index contributed by atoms with van der Waals surface area (Å²) >= 11 is 3.33. The van der Waals surface area contributed by atoms with E-state index >= 15 is 0 Å². The summed E-state index contributed by atoms with van der Waals surface area (Å²) in [5, 5.41) is 0. The highest BCUT2D eigenvalue weighted by Crippen LogP contribution is 2.09. The number of pyridine rings is 1. The van der Waals surface area contributed by atoms with Crippen molar-refractivity contribution in [3.63, 3.8) is 0 Å². The van der Waals surface area contributed by atoms with E-state index in [1.54, 1.807) is 0 Å². The van der Waals surface area contributed by atoms with Gasteiger partial charge in [-0.2, -0.15) is 0 Å². The van der Waals surface area contributed by atoms with Gasteiger partial charge in [0.15, 0.2) is 0 Å². The molecule has 0 radical (unpaired) electrons. The van der Waals surface area contributed by atoms with Crippen LogP contribution in [0.4, 0.5) is 0 Å². The second-order valence-electron chi connectivity index (χ2n) is 5.23. The lowest BCUT2D eigenvalue weighted by molar-refractivity contribution is -0.142. The first-order chi connectivity index (χ1) is 10.7. The summed E-state index contributed by atoms with van der Waals surface area (Å²) in [6.45, 7) is 6.17. The molecule has 1 saturated heterocycles. The number of nitrogens with zero attached hydrogens (tertiary/aromatic N) is 3. The van der Waals surface area contributed by atoms with Crippen molar-refractivity contribution in [2.45, 2.75) is 6.54 Å². The van der Waals surface area contributed by atoms with Gasteiger partial charge >= 0.3 is 5.97 Å². The molecule has 0 bridgehead atoms. The molecule has 0 unspecified atom stereocenters. The van der Waals surface area contributed by atoms with Crippen LogP contribution in [-0.2, 0) is 20.8 Å². The highest BCUT2D eigenvalue weighted by atomic mass is 79.9. The number of esters is 1. The Hall–Kier alpha value is -1.02. The summed E-state index contributed by atoms with van der Waals surface area (Å²) in [5.74, 6) is -0.216. The van der Waals surface area contributed by atoms with Crippen LogP contribution < -0.4 is 0 Å². The summed E-state index contributed by atoms with van der Waals surface area (Å²) in [7, 11) is 1.42. The molecule has 0 N–H and O–H groups in total. The average molecular weight is 372 g/mol. The molecule has 1 aliphatic rings. The molecular formula is C15H22BrN3O3. The molecule has 122 valence electrons. The number of aromatic nitrogens is 1. The van der Waals surface area contributed by atoms with Crippen LogP contribution in [0.5, 0.6) is 0 Å². The van der Waals surface area contributed by atoms with Gasteiger partial charge in [-0.25, -0.2) is 4.98 Å². The molecule has 0 aromatic carbocycles. The minimum absolute atomic E-state index is 0.216. The molecule has 2 heterocycles. The molecule has 1 fully saturated rings. The first-order valence-corrected chi connectivity index (χ1v) is 8.16. The second-order valence-corrected chi connectivity index (χ2v) is 6.04. The Bertz CT molecular complexity index is 464. The van der Waals surface area contributed by atoms with Crippen molar-refractivity contribution < 1.29 is 14.3 Å². The van der Waals surface area contributed by atoms with Gasteiger partial charge in [0.25, 0.3) is 0 Å². The number of rotatable bonds is 7. The predicted octanol–water partition coefficient (Wildman–Crippen LogP) is 1.15. The average Bonchev–Trinajstić information content (AvgIpc) is 2.55. The number of methoxy groups -OCH3 is 1. The monoisotopic (exact) mass is 371 g/mol. The number of carbonyl (C=O) groups excluding carboxylic acids is 1. The first-order valence-electron chi connectivity index (χ1n) is 7.37. The van der Waals surface area contributed by atoms with E-state index in [9.17, 15) is 4.79 Å². The number of morpholine rings is 1. The molecule has 22 heavy (non-hydrogen) atoms. The van der Waals surface area contributed by atoms with Crippen molar-refractivity contribution in [3.05, 3.63) is 28.5 Å². The molecule has 0 saturated carbocycles. The Labute approximate surface area is 139 Å². The SMILES string of the molecule is COC(=O)CN(CCN1CCOCC1)Cc1ccc(Br)nc1. The van der Waals surface area contributed by atoms with Gasteiger partial charge in [0, 0.05) is 38.9 Å². The molecule has 7 heteroatoms. The minimum atomic E-state index is -0.216. The van der Waals surface area contributed by atoms with Gasteiger partial charge in [0.1, 0.15) is 4.60 Å². The van der Waals surface area contributed by atoms with Gasteiger partial charge in [0.2, 0.25) is 0 Å². The van der Waals surface area contributed by atoms with Crippen LogP contribution in [0.1, 0.15) is 5.56 Å². The largest absolute Gasteiger partial charge is 0.468 e. The molecule has 0 atom stereocenters. The van der Waals surface area contributed by atoms with E-state index in [1.807, 2.05) is 18.3 Å². The zero-order valence-corrected chi connectivity index (χ0v) is 14.4. The van der Waals surface area contributed by atoms with Crippen LogP contribution in [0, 0.1) is 0 Å². The van der Waals surface area contributed by atoms with Gasteiger partial charge in [-0.3, -0.25) is 14.6 Å². The number of halogens is 1. The summed E-state index contributed by atoms with van der Waals surface area (Å²) in [6, 6.07) is 3.92. The lowest BCUT2D eigenvalue weighted by Crippen LogP contribution is -2.42. The fourth-order valence-electron chi connectivity index (χ4n) is 2.33. The molecule has 1 aliphatic heterocycles. The third-order valence-electron chi connectivity index (χ3n) is 3.61. The lowest BCUT2D eigenvalue weighted by atomic mass is 10.2. The third-order valence-corrected chi connectivity index (χ3v) is 4.08. The van der Waals surface area contributed by atoms with E-state index in [-0.39, 0.29) is 12.5 Å². The van der Waals surface area contributed by atoms with Crippen molar-refractivity contribution in [2.75, 3.05) is 53.0 Å². The standard InChI is InChI=1S/C15H22BrN3O3/c1-21-15(20)12-19(5-4-18-6-8-22-9-7-18)11-13-2-3-14(16)17-10-13/h2-3,10H,4-9,11-12H2,1H3. The van der Waals surface area contributed by atoms with Gasteiger partial charge in [-0.05, 0) is 27.6 Å². The normalized spacial score (nSPS) is 16.0. The minimum Gasteiger partial charge on any atom is -0.468 e. The van der Waals surface area contributed by atoms with Crippen molar-refractivity contribution >= 4 is 21.9 Å². The Kier molecular flexibility index (Phi) is 7.24. The smallest absolute Gasteiger partial charge is 0.319 e. The van der Waals surface area contributed by atoms with Gasteiger partial charge < -0.3 is 9.47 Å². The van der Waals surface area contributed by atoms with Gasteiger partial charge in [0.05, 0.1) is 26.9 Å². The summed E-state index contributed by atoms with van der Waals surface area (Å²) < 4.78 is 11.0. The van der Waals surface area contributed by atoms with Crippen molar-refractivity contribution in [1.29, 1.82) is 0 Å². The molecule has 0 aliphatic carbocycles. The number of hydrogen-bond acceptors (Lipinski definition) is 6. The summed E-state index contributed by atoms with van der Waals surface area (Å²) in [6.07, 6.45) is 1.82. The maximum Gasteiger partial charge on any atom is 0.319 e. The van der Waals surface area contributed by atoms with Crippen LogP contribution in [0.3, 0.4) is 0 Å². The second kappa shape index (κ2) is 9.19. The molecular weight excluding hydrogens is 350 g/mol. The fourth-order valence-corrected chi connectivity index (χ4v) is 2.56. The topological polar surface area (TPSA) is 54.9 Å². The maximum absolute atomic E-state index is 11.6. The zero-order valence-electron chi connectivity index (χ0n) is 12.8. The van der Waals surface area contributed by atoms with E-state index in [0.29, 0.717) is 6.54 Å². The Morgan fingerprint density at radius 3 is 2.86 bits per heavy atom. The van der Waals surface area contributed by atoms with E-state index in [1.165, 1.54) is 7.11 Å². The molecule has 1 aromatic heterocycles. The number of hydrogen-bond donors (Lipinski definition) is 0. The van der Waals surface area contributed by atoms with E-state index in [0.717, 1.165) is 49.6 Å². The van der Waals surface area contributed by atoms with Crippen LogP contribution in [-0.4, -0.2) is 73.8 Å². The van der Waals surface area contributed by atoms with Gasteiger partial charge in [-0.1, -0.05) is 6.07 Å². The van der Waals surface area contributed by atoms with Crippen LogP contribution >= 0.6 is 15.9 Å². The van der Waals surface area contributed by atoms with Crippen molar-refractivity contribution in [2.24, 2.45) is 0 Å². The molecule has 0 amide bonds. The molecule has 0 spiro atoms. The summed E-state index contributed by atoms with van der Waals surface area (Å²) in [5.41, 5.74) is 1.08. The molecule has 2 rings (SSSR count). The first kappa shape index (κ1) is 17.3. The van der Waals surface area contributed by atoms with Crippen LogP contribution in [0.25, 0.3) is 0 Å². The number of ether oxygens (including phenoxy) is 2. The van der Waals surface area contributed by atoms with Crippen molar-refractivity contribution in [3.8, 4) is 0 Å². The molecule has 6 nitrogen and oxygen atoms in total. The highest BCUT2D eigenvalue weighted by molar-refractivity contribution is 9.10. The zero-order chi connectivity index (χ0) is 15.8. The van der Waals surface area contributed by atoms with Crippen LogP contribution in [0.2, 0.25) is 0 Å². The van der Waals surface area contributed by atoms with Crippen molar-refractivity contribution in [1.82, 2.24) is 14.8 Å². The summed E-state index contributed by atoms with van der Waals surface area (Å²) in [4.78, 5) is 20.3. The van der Waals surface area contributed by atoms with E-state index in [4.69, 9.17) is 9.47 Å².